The molecule has 0 aromatic carbocycles. The second-order valence-corrected chi connectivity index (χ2v) is 9.01. The van der Waals surface area contributed by atoms with Crippen molar-refractivity contribution in [1.82, 2.24) is 20.4 Å². The molecule has 0 atom stereocenters. The molecule has 2 rings (SSSR count). The maximum Gasteiger partial charge on any atom is 0.410 e. The van der Waals surface area contributed by atoms with Gasteiger partial charge in [0.15, 0.2) is 5.96 Å². The molecule has 2 N–H and O–H groups in total. The van der Waals surface area contributed by atoms with E-state index in [1.807, 2.05) is 25.7 Å². The van der Waals surface area contributed by atoms with E-state index in [2.05, 4.69) is 27.4 Å². The van der Waals surface area contributed by atoms with Crippen molar-refractivity contribution in [2.45, 2.75) is 71.9 Å². The zero-order valence-corrected chi connectivity index (χ0v) is 21.5. The number of rotatable bonds is 7. The topological polar surface area (TPSA) is 86.3 Å². The summed E-state index contributed by atoms with van der Waals surface area (Å²) >= 11 is 0. The number of hydrogen-bond acceptors (Lipinski definition) is 4. The third-order valence-electron chi connectivity index (χ3n) is 5.07. The highest BCUT2D eigenvalue weighted by Gasteiger charge is 2.35. The summed E-state index contributed by atoms with van der Waals surface area (Å²) in [5.74, 6) is 1.47. The number of halogens is 1. The summed E-state index contributed by atoms with van der Waals surface area (Å²) in [7, 11) is 0. The minimum Gasteiger partial charge on any atom is -0.444 e. The number of nitrogens with zero attached hydrogens (tertiary/aromatic N) is 3. The third-order valence-corrected chi connectivity index (χ3v) is 5.07. The Kier molecular flexibility index (Phi) is 11.2. The van der Waals surface area contributed by atoms with Gasteiger partial charge in [-0.2, -0.15) is 0 Å². The SMILES string of the molecule is CCNC(=NCCNC(C)=O)N1CCC(N(CC2CC2)C(=O)OC(C)(C)C)CC1.I. The molecule has 2 amide bonds. The lowest BCUT2D eigenvalue weighted by Crippen LogP contribution is -2.52. The van der Waals surface area contributed by atoms with E-state index >= 15 is 0 Å². The lowest BCUT2D eigenvalue weighted by atomic mass is 10.0. The molecule has 2 aliphatic rings. The largest absolute Gasteiger partial charge is 0.444 e. The molecule has 0 aromatic rings. The van der Waals surface area contributed by atoms with Crippen molar-refractivity contribution < 1.29 is 14.3 Å². The van der Waals surface area contributed by atoms with Crippen LogP contribution in [0.3, 0.4) is 0 Å². The molecule has 2 fully saturated rings. The maximum atomic E-state index is 12.8. The fourth-order valence-electron chi connectivity index (χ4n) is 3.48. The number of ether oxygens (including phenoxy) is 1. The van der Waals surface area contributed by atoms with E-state index in [0.717, 1.165) is 45.0 Å². The van der Waals surface area contributed by atoms with Gasteiger partial charge in [-0.3, -0.25) is 9.79 Å². The van der Waals surface area contributed by atoms with Gasteiger partial charge in [-0.15, -0.1) is 24.0 Å². The van der Waals surface area contributed by atoms with Gasteiger partial charge < -0.3 is 25.2 Å². The van der Waals surface area contributed by atoms with Crippen molar-refractivity contribution in [2.75, 3.05) is 39.3 Å². The fraction of sp³-hybridized carbons (Fsp3) is 0.857. The van der Waals surface area contributed by atoms with Crippen LogP contribution < -0.4 is 10.6 Å². The number of guanidine groups is 1. The average Bonchev–Trinajstić information content (AvgIpc) is 3.45. The molecular weight excluding hydrogens is 497 g/mol. The van der Waals surface area contributed by atoms with Crippen molar-refractivity contribution in [3.8, 4) is 0 Å². The van der Waals surface area contributed by atoms with E-state index < -0.39 is 5.60 Å². The number of piperidine rings is 1. The van der Waals surface area contributed by atoms with Gasteiger partial charge >= 0.3 is 6.09 Å². The molecule has 0 aromatic heterocycles. The summed E-state index contributed by atoms with van der Waals surface area (Å²) in [6, 6.07) is 0.212. The molecule has 0 radical (unpaired) electrons. The van der Waals surface area contributed by atoms with Crippen molar-refractivity contribution in [3.05, 3.63) is 0 Å². The smallest absolute Gasteiger partial charge is 0.410 e. The van der Waals surface area contributed by atoms with Gasteiger partial charge in [-0.25, -0.2) is 4.79 Å². The molecule has 1 saturated heterocycles. The monoisotopic (exact) mass is 537 g/mol. The molecule has 1 aliphatic heterocycles. The fourth-order valence-corrected chi connectivity index (χ4v) is 3.48. The Morgan fingerprint density at radius 3 is 2.27 bits per heavy atom. The van der Waals surface area contributed by atoms with Crippen LogP contribution >= 0.6 is 24.0 Å². The van der Waals surface area contributed by atoms with Gasteiger partial charge in [0.1, 0.15) is 5.60 Å². The molecule has 0 spiro atoms. The van der Waals surface area contributed by atoms with Crippen LogP contribution in [0.25, 0.3) is 0 Å². The summed E-state index contributed by atoms with van der Waals surface area (Å²) in [6.45, 7) is 13.7. The van der Waals surface area contributed by atoms with Crippen LogP contribution in [0.1, 0.15) is 60.3 Å². The van der Waals surface area contributed by atoms with E-state index in [4.69, 9.17) is 4.74 Å². The molecule has 174 valence electrons. The van der Waals surface area contributed by atoms with Gasteiger partial charge in [0.2, 0.25) is 5.91 Å². The molecule has 9 heteroatoms. The zero-order valence-electron chi connectivity index (χ0n) is 19.2. The Bertz CT molecular complexity index is 582. The van der Waals surface area contributed by atoms with Crippen LogP contribution in [0.4, 0.5) is 4.79 Å². The van der Waals surface area contributed by atoms with Gasteiger partial charge in [0.25, 0.3) is 0 Å². The van der Waals surface area contributed by atoms with Crippen LogP contribution in [0.5, 0.6) is 0 Å². The second kappa shape index (κ2) is 12.6. The van der Waals surface area contributed by atoms with E-state index in [1.165, 1.54) is 19.8 Å². The predicted molar refractivity (Wildman–Crippen MR) is 130 cm³/mol. The Labute approximate surface area is 198 Å². The van der Waals surface area contributed by atoms with Crippen molar-refractivity contribution in [1.29, 1.82) is 0 Å². The highest BCUT2D eigenvalue weighted by Crippen LogP contribution is 2.32. The lowest BCUT2D eigenvalue weighted by molar-refractivity contribution is -0.118. The van der Waals surface area contributed by atoms with Gasteiger partial charge in [-0.05, 0) is 59.3 Å². The summed E-state index contributed by atoms with van der Waals surface area (Å²) < 4.78 is 5.68. The molecule has 0 bridgehead atoms. The number of hydrogen-bond donors (Lipinski definition) is 2. The van der Waals surface area contributed by atoms with E-state index in [1.54, 1.807) is 0 Å². The summed E-state index contributed by atoms with van der Waals surface area (Å²) in [5.41, 5.74) is -0.474. The first-order valence-corrected chi connectivity index (χ1v) is 11.0. The zero-order chi connectivity index (χ0) is 21.4. The minimum absolute atomic E-state index is 0. The van der Waals surface area contributed by atoms with Crippen LogP contribution in [-0.2, 0) is 9.53 Å². The van der Waals surface area contributed by atoms with Crippen molar-refractivity contribution in [3.63, 3.8) is 0 Å². The summed E-state index contributed by atoms with van der Waals surface area (Å²) in [5, 5.41) is 6.11. The quantitative estimate of drug-likeness (QED) is 0.226. The molecule has 8 nitrogen and oxygen atoms in total. The minimum atomic E-state index is -0.474. The Morgan fingerprint density at radius 2 is 1.77 bits per heavy atom. The lowest BCUT2D eigenvalue weighted by Gasteiger charge is -2.40. The van der Waals surface area contributed by atoms with Crippen LogP contribution in [0, 0.1) is 5.92 Å². The van der Waals surface area contributed by atoms with Gasteiger partial charge in [0, 0.05) is 45.7 Å². The number of carbonyl (C=O) groups is 2. The molecule has 1 heterocycles. The Hall–Kier alpha value is -1.26. The molecule has 30 heavy (non-hydrogen) atoms. The number of likely N-dealkylation sites (tertiary alicyclic amines) is 1. The average molecular weight is 537 g/mol. The maximum absolute atomic E-state index is 12.8. The normalized spacial score (nSPS) is 17.8. The highest BCUT2D eigenvalue weighted by molar-refractivity contribution is 14.0. The highest BCUT2D eigenvalue weighted by atomic mass is 127. The molecule has 1 aliphatic carbocycles. The first kappa shape index (κ1) is 26.8. The van der Waals surface area contributed by atoms with Crippen molar-refractivity contribution in [2.24, 2.45) is 10.9 Å². The Morgan fingerprint density at radius 1 is 1.13 bits per heavy atom. The van der Waals surface area contributed by atoms with E-state index in [-0.39, 0.29) is 42.0 Å². The van der Waals surface area contributed by atoms with Gasteiger partial charge in [0.05, 0.1) is 6.54 Å². The van der Waals surface area contributed by atoms with Crippen LogP contribution in [-0.4, -0.2) is 78.7 Å². The number of carbonyl (C=O) groups excluding carboxylic acids is 2. The predicted octanol–water partition coefficient (Wildman–Crippen LogP) is 2.82. The summed E-state index contributed by atoms with van der Waals surface area (Å²) in [6.07, 6.45) is 4.05. The Balaban J connectivity index is 0.00000450. The number of amides is 2. The second-order valence-electron chi connectivity index (χ2n) is 9.01. The van der Waals surface area contributed by atoms with Crippen molar-refractivity contribution >= 4 is 41.9 Å². The first-order chi connectivity index (χ1) is 13.7. The molecule has 0 unspecified atom stereocenters. The first-order valence-electron chi connectivity index (χ1n) is 11.0. The third kappa shape index (κ3) is 9.70. The van der Waals surface area contributed by atoms with E-state index in [9.17, 15) is 9.59 Å². The summed E-state index contributed by atoms with van der Waals surface area (Å²) in [4.78, 5) is 32.7. The van der Waals surface area contributed by atoms with Crippen LogP contribution in [0.2, 0.25) is 0 Å². The standard InChI is InChI=1S/C21H39N5O3.HI/c1-6-22-19(24-12-11-23-16(2)27)25-13-9-18(10-14-25)26(15-17-7-8-17)20(28)29-21(3,4)5;/h17-18H,6-15H2,1-5H3,(H,22,24)(H,23,27);1H. The van der Waals surface area contributed by atoms with E-state index in [0.29, 0.717) is 19.0 Å². The molecular formula is C21H40IN5O3. The van der Waals surface area contributed by atoms with Crippen LogP contribution in [0.15, 0.2) is 4.99 Å². The van der Waals surface area contributed by atoms with Gasteiger partial charge in [-0.1, -0.05) is 0 Å². The number of nitrogens with one attached hydrogen (secondary N) is 2. The molecule has 1 saturated carbocycles. The number of aliphatic imine (C=N–C) groups is 1.